The maximum absolute atomic E-state index is 10.8. The van der Waals surface area contributed by atoms with Crippen molar-refractivity contribution in [1.82, 2.24) is 0 Å². The molecule has 106 valence electrons. The summed E-state index contributed by atoms with van der Waals surface area (Å²) >= 11 is 0. The van der Waals surface area contributed by atoms with Crippen molar-refractivity contribution in [3.8, 4) is 0 Å². The number of hydrogen-bond acceptors (Lipinski definition) is 7. The van der Waals surface area contributed by atoms with Gasteiger partial charge in [0.2, 0.25) is 0 Å². The molecular formula is C11H20O7. The number of esters is 1. The summed E-state index contributed by atoms with van der Waals surface area (Å²) in [6, 6.07) is 0. The Balaban J connectivity index is 2.76. The predicted octanol–water partition coefficient (Wildman–Crippen LogP) is -0.688. The molecular weight excluding hydrogens is 244 g/mol. The van der Waals surface area contributed by atoms with Crippen LogP contribution in [0.15, 0.2) is 0 Å². The Morgan fingerprint density at radius 1 is 1.11 bits per heavy atom. The van der Waals surface area contributed by atoms with Crippen LogP contribution in [0, 0.1) is 0 Å². The molecule has 0 bridgehead atoms. The van der Waals surface area contributed by atoms with Crippen LogP contribution in [0.5, 0.6) is 0 Å². The molecule has 5 atom stereocenters. The van der Waals surface area contributed by atoms with E-state index in [1.807, 2.05) is 0 Å². The van der Waals surface area contributed by atoms with Crippen molar-refractivity contribution in [2.75, 3.05) is 27.9 Å². The molecule has 1 heterocycles. The smallest absolute Gasteiger partial charge is 0.302 e. The van der Waals surface area contributed by atoms with Gasteiger partial charge in [-0.25, -0.2) is 0 Å². The lowest BCUT2D eigenvalue weighted by molar-refractivity contribution is -0.300. The molecule has 1 aliphatic rings. The lowest BCUT2D eigenvalue weighted by Gasteiger charge is -2.42. The molecule has 0 amide bonds. The quantitative estimate of drug-likeness (QED) is 0.658. The second-order valence-electron chi connectivity index (χ2n) is 3.97. The second kappa shape index (κ2) is 7.01. The van der Waals surface area contributed by atoms with E-state index in [-0.39, 0.29) is 6.61 Å². The zero-order chi connectivity index (χ0) is 13.7. The molecule has 1 rings (SSSR count). The van der Waals surface area contributed by atoms with Gasteiger partial charge in [0.15, 0.2) is 6.29 Å². The predicted molar refractivity (Wildman–Crippen MR) is 59.9 cm³/mol. The Kier molecular flexibility index (Phi) is 5.97. The van der Waals surface area contributed by atoms with Crippen LogP contribution in [0.1, 0.15) is 6.92 Å². The summed E-state index contributed by atoms with van der Waals surface area (Å²) in [5.74, 6) is -0.425. The SMILES string of the molecule is CO[C@@H]1[C@H](OC)[C@@H](O)O[C@H](COC(C)=O)[C@H]1OC. The summed E-state index contributed by atoms with van der Waals surface area (Å²) in [5.41, 5.74) is 0. The Bertz CT molecular complexity index is 270. The number of carbonyl (C=O) groups is 1. The number of hydrogen-bond donors (Lipinski definition) is 1. The molecule has 7 nitrogen and oxygen atoms in total. The lowest BCUT2D eigenvalue weighted by atomic mass is 9.98. The van der Waals surface area contributed by atoms with Crippen LogP contribution in [0.2, 0.25) is 0 Å². The normalized spacial score (nSPS) is 36.4. The van der Waals surface area contributed by atoms with Crippen LogP contribution >= 0.6 is 0 Å². The molecule has 0 unspecified atom stereocenters. The van der Waals surface area contributed by atoms with Gasteiger partial charge in [0, 0.05) is 28.3 Å². The first-order valence-electron chi connectivity index (χ1n) is 5.60. The summed E-state index contributed by atoms with van der Waals surface area (Å²) in [6.07, 6.45) is -3.43. The highest BCUT2D eigenvalue weighted by molar-refractivity contribution is 5.65. The first-order valence-corrected chi connectivity index (χ1v) is 5.60. The fourth-order valence-electron chi connectivity index (χ4n) is 2.03. The Labute approximate surface area is 106 Å². The molecule has 7 heteroatoms. The molecule has 0 spiro atoms. The first-order chi connectivity index (χ1) is 8.54. The molecule has 1 saturated heterocycles. The van der Waals surface area contributed by atoms with Gasteiger partial charge in [0.1, 0.15) is 31.0 Å². The van der Waals surface area contributed by atoms with Crippen molar-refractivity contribution in [1.29, 1.82) is 0 Å². The molecule has 1 N–H and O–H groups in total. The third kappa shape index (κ3) is 3.39. The van der Waals surface area contributed by atoms with Crippen molar-refractivity contribution in [3.63, 3.8) is 0 Å². The third-order valence-corrected chi connectivity index (χ3v) is 2.88. The summed E-state index contributed by atoms with van der Waals surface area (Å²) in [5, 5.41) is 9.80. The molecule has 0 aromatic carbocycles. The van der Waals surface area contributed by atoms with E-state index in [4.69, 9.17) is 23.7 Å². The highest BCUT2D eigenvalue weighted by atomic mass is 16.7. The molecule has 18 heavy (non-hydrogen) atoms. The molecule has 1 aliphatic heterocycles. The van der Waals surface area contributed by atoms with Gasteiger partial charge in [-0.15, -0.1) is 0 Å². The van der Waals surface area contributed by atoms with E-state index in [2.05, 4.69) is 0 Å². The molecule has 0 aliphatic carbocycles. The van der Waals surface area contributed by atoms with Gasteiger partial charge in [-0.1, -0.05) is 0 Å². The van der Waals surface area contributed by atoms with Crippen molar-refractivity contribution in [2.45, 2.75) is 37.6 Å². The zero-order valence-corrected chi connectivity index (χ0v) is 11.0. The average molecular weight is 264 g/mol. The summed E-state index contributed by atoms with van der Waals surface area (Å²) < 4.78 is 25.9. The number of ether oxygens (including phenoxy) is 5. The van der Waals surface area contributed by atoms with E-state index in [0.29, 0.717) is 0 Å². The van der Waals surface area contributed by atoms with Gasteiger partial charge in [-0.05, 0) is 0 Å². The number of carbonyl (C=O) groups excluding carboxylic acids is 1. The molecule has 0 radical (unpaired) electrons. The van der Waals surface area contributed by atoms with Crippen LogP contribution in [-0.2, 0) is 28.5 Å². The molecule has 0 aromatic rings. The van der Waals surface area contributed by atoms with Crippen LogP contribution in [0.4, 0.5) is 0 Å². The topological polar surface area (TPSA) is 83.5 Å². The largest absolute Gasteiger partial charge is 0.463 e. The van der Waals surface area contributed by atoms with E-state index in [1.54, 1.807) is 0 Å². The summed E-state index contributed by atoms with van der Waals surface area (Å²) in [6.45, 7) is 1.29. The van der Waals surface area contributed by atoms with E-state index in [1.165, 1.54) is 28.3 Å². The average Bonchev–Trinajstić information content (AvgIpc) is 2.34. The van der Waals surface area contributed by atoms with Gasteiger partial charge >= 0.3 is 5.97 Å². The number of methoxy groups -OCH3 is 3. The molecule has 1 fully saturated rings. The Morgan fingerprint density at radius 2 is 1.67 bits per heavy atom. The highest BCUT2D eigenvalue weighted by Gasteiger charge is 2.46. The Morgan fingerprint density at radius 3 is 2.11 bits per heavy atom. The maximum Gasteiger partial charge on any atom is 0.302 e. The lowest BCUT2D eigenvalue weighted by Crippen LogP contribution is -2.60. The van der Waals surface area contributed by atoms with E-state index >= 15 is 0 Å². The van der Waals surface area contributed by atoms with Crippen molar-refractivity contribution >= 4 is 5.97 Å². The van der Waals surface area contributed by atoms with Crippen molar-refractivity contribution in [3.05, 3.63) is 0 Å². The van der Waals surface area contributed by atoms with Crippen LogP contribution in [0.3, 0.4) is 0 Å². The summed E-state index contributed by atoms with van der Waals surface area (Å²) in [4.78, 5) is 10.8. The van der Waals surface area contributed by atoms with Gasteiger partial charge in [0.25, 0.3) is 0 Å². The van der Waals surface area contributed by atoms with E-state index < -0.39 is 36.7 Å². The van der Waals surface area contributed by atoms with Gasteiger partial charge in [-0.3, -0.25) is 4.79 Å². The minimum absolute atomic E-state index is 0.0127. The van der Waals surface area contributed by atoms with E-state index in [9.17, 15) is 9.90 Å². The minimum atomic E-state index is -1.16. The van der Waals surface area contributed by atoms with Gasteiger partial charge in [-0.2, -0.15) is 0 Å². The third-order valence-electron chi connectivity index (χ3n) is 2.88. The van der Waals surface area contributed by atoms with Crippen molar-refractivity contribution < 1.29 is 33.6 Å². The monoisotopic (exact) mass is 264 g/mol. The molecule has 0 aromatic heterocycles. The number of rotatable bonds is 5. The van der Waals surface area contributed by atoms with Crippen LogP contribution in [0.25, 0.3) is 0 Å². The van der Waals surface area contributed by atoms with Crippen LogP contribution < -0.4 is 0 Å². The fraction of sp³-hybridized carbons (Fsp3) is 0.909. The fourth-order valence-corrected chi connectivity index (χ4v) is 2.03. The number of aliphatic hydroxyl groups excluding tert-OH is 1. The van der Waals surface area contributed by atoms with Crippen molar-refractivity contribution in [2.24, 2.45) is 0 Å². The van der Waals surface area contributed by atoms with E-state index in [0.717, 1.165) is 0 Å². The first kappa shape index (κ1) is 15.3. The molecule has 0 saturated carbocycles. The van der Waals surface area contributed by atoms with Gasteiger partial charge < -0.3 is 28.8 Å². The minimum Gasteiger partial charge on any atom is -0.463 e. The van der Waals surface area contributed by atoms with Gasteiger partial charge in [0.05, 0.1) is 0 Å². The highest BCUT2D eigenvalue weighted by Crippen LogP contribution is 2.26. The second-order valence-corrected chi connectivity index (χ2v) is 3.97. The zero-order valence-electron chi connectivity index (χ0n) is 11.0. The summed E-state index contributed by atoms with van der Waals surface area (Å²) in [7, 11) is 4.43. The Hall–Kier alpha value is -0.730. The number of aliphatic hydroxyl groups is 1. The maximum atomic E-state index is 10.8. The van der Waals surface area contributed by atoms with Crippen LogP contribution in [-0.4, -0.2) is 69.7 Å². The standard InChI is InChI=1S/C11H20O7/c1-6(12)17-5-7-8(14-2)9(15-3)10(16-4)11(13)18-7/h7-11,13H,5H2,1-4H3/t7-,8-,9+,10+,11+/m1/s1.